The van der Waals surface area contributed by atoms with Crippen molar-refractivity contribution in [3.05, 3.63) is 53.8 Å². The largest absolute Gasteiger partial charge is 0.491 e. The Bertz CT molecular complexity index is 719. The maximum Gasteiger partial charge on any atom is 0.303 e. The second-order valence-electron chi connectivity index (χ2n) is 7.07. The van der Waals surface area contributed by atoms with Crippen molar-refractivity contribution in [2.24, 2.45) is 5.92 Å². The lowest BCUT2D eigenvalue weighted by Gasteiger charge is -2.22. The lowest BCUT2D eigenvalue weighted by Crippen LogP contribution is -2.14. The van der Waals surface area contributed by atoms with Gasteiger partial charge in [-0.1, -0.05) is 36.2 Å². The van der Waals surface area contributed by atoms with E-state index in [0.29, 0.717) is 23.7 Å². The molecule has 140 valence electrons. The Kier molecular flexibility index (Phi) is 7.19. The summed E-state index contributed by atoms with van der Waals surface area (Å²) in [5, 5.41) is 8.25. The smallest absolute Gasteiger partial charge is 0.303 e. The molecule has 1 aliphatic carbocycles. The van der Waals surface area contributed by atoms with Crippen LogP contribution in [0.3, 0.4) is 0 Å². The maximum absolute atomic E-state index is 13.8. The molecule has 0 aliphatic heterocycles. The van der Waals surface area contributed by atoms with E-state index in [0.717, 1.165) is 24.0 Å². The Hall–Kier alpha value is -2.36. The van der Waals surface area contributed by atoms with E-state index in [1.165, 1.54) is 12.5 Å². The van der Waals surface area contributed by atoms with Gasteiger partial charge < -0.3 is 9.84 Å². The summed E-state index contributed by atoms with van der Waals surface area (Å²) < 4.78 is 19.4. The highest BCUT2D eigenvalue weighted by Crippen LogP contribution is 2.29. The summed E-state index contributed by atoms with van der Waals surface area (Å²) in [6.45, 7) is 5.92. The van der Waals surface area contributed by atoms with Crippen LogP contribution in [0.5, 0.6) is 5.75 Å². The number of benzene rings is 2. The highest BCUT2D eigenvalue weighted by molar-refractivity contribution is 5.67. The van der Waals surface area contributed by atoms with Crippen LogP contribution in [0.15, 0.2) is 42.5 Å². The summed E-state index contributed by atoms with van der Waals surface area (Å²) in [4.78, 5) is 10.0. The van der Waals surface area contributed by atoms with Gasteiger partial charge >= 0.3 is 5.97 Å². The SMILES string of the molecule is Cc1ccc(-c2cc(OC(C)C)ccc2F)cc1.O=C(O)CC1CCC1. The van der Waals surface area contributed by atoms with Crippen LogP contribution < -0.4 is 4.74 Å². The van der Waals surface area contributed by atoms with Crippen LogP contribution in [0.1, 0.15) is 45.1 Å². The van der Waals surface area contributed by atoms with E-state index in [-0.39, 0.29) is 11.9 Å². The quantitative estimate of drug-likeness (QED) is 0.729. The summed E-state index contributed by atoms with van der Waals surface area (Å²) in [6, 6.07) is 12.7. The van der Waals surface area contributed by atoms with Gasteiger partial charge in [-0.05, 0) is 63.3 Å². The monoisotopic (exact) mass is 358 g/mol. The Labute approximate surface area is 154 Å². The molecule has 0 unspecified atom stereocenters. The minimum Gasteiger partial charge on any atom is -0.491 e. The Balaban J connectivity index is 0.000000254. The van der Waals surface area contributed by atoms with Crippen molar-refractivity contribution < 1.29 is 19.0 Å². The number of hydrogen-bond acceptors (Lipinski definition) is 2. The van der Waals surface area contributed by atoms with Crippen LogP contribution in [-0.2, 0) is 4.79 Å². The van der Waals surface area contributed by atoms with Crippen molar-refractivity contribution in [1.29, 1.82) is 0 Å². The molecule has 1 fully saturated rings. The fourth-order valence-electron chi connectivity index (χ4n) is 2.75. The molecule has 0 saturated heterocycles. The van der Waals surface area contributed by atoms with Crippen LogP contribution in [0.4, 0.5) is 4.39 Å². The third-order valence-corrected chi connectivity index (χ3v) is 4.36. The summed E-state index contributed by atoms with van der Waals surface area (Å²) in [5.41, 5.74) is 2.61. The highest BCUT2D eigenvalue weighted by atomic mass is 19.1. The molecule has 2 aromatic rings. The van der Waals surface area contributed by atoms with Gasteiger partial charge in [0.15, 0.2) is 0 Å². The van der Waals surface area contributed by atoms with Crippen molar-refractivity contribution in [3.63, 3.8) is 0 Å². The number of carbonyl (C=O) groups is 1. The number of carboxylic acids is 1. The topological polar surface area (TPSA) is 46.5 Å². The van der Waals surface area contributed by atoms with E-state index in [9.17, 15) is 9.18 Å². The van der Waals surface area contributed by atoms with Crippen LogP contribution in [-0.4, -0.2) is 17.2 Å². The Morgan fingerprint density at radius 3 is 2.31 bits per heavy atom. The van der Waals surface area contributed by atoms with E-state index in [1.807, 2.05) is 45.0 Å². The third-order valence-electron chi connectivity index (χ3n) is 4.36. The van der Waals surface area contributed by atoms with E-state index >= 15 is 0 Å². The molecule has 1 saturated carbocycles. The van der Waals surface area contributed by atoms with Gasteiger partial charge in [-0.15, -0.1) is 0 Å². The number of aryl methyl sites for hydroxylation is 1. The van der Waals surface area contributed by atoms with Gasteiger partial charge in [0, 0.05) is 12.0 Å². The summed E-state index contributed by atoms with van der Waals surface area (Å²) in [7, 11) is 0. The van der Waals surface area contributed by atoms with Crippen LogP contribution in [0.2, 0.25) is 0 Å². The van der Waals surface area contributed by atoms with Crippen molar-refractivity contribution in [3.8, 4) is 16.9 Å². The fourth-order valence-corrected chi connectivity index (χ4v) is 2.75. The first-order valence-corrected chi connectivity index (χ1v) is 9.10. The number of carboxylic acid groups (broad SMARTS) is 1. The molecule has 0 bridgehead atoms. The first-order chi connectivity index (χ1) is 12.3. The molecule has 0 atom stereocenters. The Morgan fingerprint density at radius 1 is 1.19 bits per heavy atom. The second-order valence-corrected chi connectivity index (χ2v) is 7.07. The molecule has 0 heterocycles. The third kappa shape index (κ3) is 6.17. The van der Waals surface area contributed by atoms with Crippen molar-refractivity contribution in [2.45, 2.75) is 52.6 Å². The minimum absolute atomic E-state index is 0.0846. The molecule has 3 rings (SSSR count). The molecule has 0 amide bonds. The number of aliphatic carboxylic acids is 1. The van der Waals surface area contributed by atoms with Gasteiger partial charge in [0.2, 0.25) is 0 Å². The molecule has 0 radical (unpaired) electrons. The van der Waals surface area contributed by atoms with Gasteiger partial charge in [-0.25, -0.2) is 4.39 Å². The zero-order valence-electron chi connectivity index (χ0n) is 15.7. The van der Waals surface area contributed by atoms with Gasteiger partial charge in [0.05, 0.1) is 6.10 Å². The van der Waals surface area contributed by atoms with E-state index in [2.05, 4.69) is 0 Å². The summed E-state index contributed by atoms with van der Waals surface area (Å²) >= 11 is 0. The lowest BCUT2D eigenvalue weighted by atomic mass is 9.83. The van der Waals surface area contributed by atoms with Crippen LogP contribution in [0.25, 0.3) is 11.1 Å². The predicted molar refractivity (Wildman–Crippen MR) is 102 cm³/mol. The molecule has 2 aromatic carbocycles. The molecule has 26 heavy (non-hydrogen) atoms. The fraction of sp³-hybridized carbons (Fsp3) is 0.409. The molecule has 0 spiro atoms. The standard InChI is InChI=1S/C16H17FO.C6H10O2/c1-11(2)18-14-8-9-16(17)15(10-14)13-6-4-12(3)5-7-13;7-6(8)4-5-2-1-3-5/h4-11H,1-3H3;5H,1-4H2,(H,7,8). The van der Waals surface area contributed by atoms with Gasteiger partial charge in [0.25, 0.3) is 0 Å². The van der Waals surface area contributed by atoms with Gasteiger partial charge in [-0.3, -0.25) is 4.79 Å². The average molecular weight is 358 g/mol. The first-order valence-electron chi connectivity index (χ1n) is 9.10. The number of rotatable bonds is 5. The average Bonchev–Trinajstić information content (AvgIpc) is 2.54. The molecule has 1 N–H and O–H groups in total. The highest BCUT2D eigenvalue weighted by Gasteiger charge is 2.19. The first kappa shape index (κ1) is 20.0. The van der Waals surface area contributed by atoms with E-state index < -0.39 is 5.97 Å². The molecule has 4 heteroatoms. The molecular formula is C22H27FO3. The van der Waals surface area contributed by atoms with Crippen molar-refractivity contribution in [2.75, 3.05) is 0 Å². The molecule has 0 aromatic heterocycles. The number of halogens is 1. The second kappa shape index (κ2) is 9.37. The number of hydrogen-bond donors (Lipinski definition) is 1. The zero-order valence-corrected chi connectivity index (χ0v) is 15.7. The zero-order chi connectivity index (χ0) is 19.1. The van der Waals surface area contributed by atoms with Crippen LogP contribution >= 0.6 is 0 Å². The van der Waals surface area contributed by atoms with Crippen LogP contribution in [0, 0.1) is 18.7 Å². The van der Waals surface area contributed by atoms with E-state index in [1.54, 1.807) is 12.1 Å². The normalized spacial score (nSPS) is 13.6. The number of ether oxygens (including phenoxy) is 1. The molecule has 1 aliphatic rings. The van der Waals surface area contributed by atoms with Crippen molar-refractivity contribution >= 4 is 5.97 Å². The molecule has 3 nitrogen and oxygen atoms in total. The summed E-state index contributed by atoms with van der Waals surface area (Å²) in [6.07, 6.45) is 3.97. The maximum atomic E-state index is 13.8. The van der Waals surface area contributed by atoms with E-state index in [4.69, 9.17) is 9.84 Å². The predicted octanol–water partition coefficient (Wildman–Crippen LogP) is 5.85. The molecular weight excluding hydrogens is 331 g/mol. The van der Waals surface area contributed by atoms with Crippen molar-refractivity contribution in [1.82, 2.24) is 0 Å². The van der Waals surface area contributed by atoms with Gasteiger partial charge in [-0.2, -0.15) is 0 Å². The summed E-state index contributed by atoms with van der Waals surface area (Å²) in [5.74, 6) is 0.333. The van der Waals surface area contributed by atoms with Gasteiger partial charge in [0.1, 0.15) is 11.6 Å². The minimum atomic E-state index is -0.644. The lowest BCUT2D eigenvalue weighted by molar-refractivity contribution is -0.138. The Morgan fingerprint density at radius 2 is 1.85 bits per heavy atom.